The van der Waals surface area contributed by atoms with Gasteiger partial charge in [-0.2, -0.15) is 0 Å². The number of carbonyl (C=O) groups excluding carboxylic acids is 6. The quantitative estimate of drug-likeness (QED) is 0.196. The van der Waals surface area contributed by atoms with Gasteiger partial charge in [0.1, 0.15) is 30.3 Å². The molecule has 1 heterocycles. The normalized spacial score (nSPS) is 28.0. The summed E-state index contributed by atoms with van der Waals surface area (Å²) in [5, 5.41) is 13.2. The van der Waals surface area contributed by atoms with Crippen LogP contribution in [-0.4, -0.2) is 72.3 Å². The minimum atomic E-state index is -1.05. The molecule has 0 aromatic carbocycles. The summed E-state index contributed by atoms with van der Waals surface area (Å²) < 4.78 is 5.83. The zero-order valence-electron chi connectivity index (χ0n) is 27.5. The minimum Gasteiger partial charge on any atom is -0.460 e. The van der Waals surface area contributed by atoms with Crippen molar-refractivity contribution in [2.24, 2.45) is 23.7 Å². The molecule has 0 aromatic rings. The molecule has 5 N–H and O–H groups in total. The number of nitrogens with one attached hydrogen (secondary N) is 5. The average molecular weight is 610 g/mol. The second-order valence-corrected chi connectivity index (χ2v) is 12.7. The van der Waals surface area contributed by atoms with E-state index in [1.54, 1.807) is 20.8 Å². The van der Waals surface area contributed by atoms with Crippen molar-refractivity contribution in [2.45, 2.75) is 131 Å². The molecule has 1 fully saturated rings. The van der Waals surface area contributed by atoms with Crippen LogP contribution in [0.15, 0.2) is 0 Å². The maximum Gasteiger partial charge on any atom is 0.328 e. The Morgan fingerprint density at radius 2 is 1.37 bits per heavy atom. The van der Waals surface area contributed by atoms with E-state index < -0.39 is 71.7 Å². The van der Waals surface area contributed by atoms with Crippen LogP contribution in [0.2, 0.25) is 0 Å². The Hall–Kier alpha value is -3.18. The molecule has 12 nitrogen and oxygen atoms in total. The summed E-state index contributed by atoms with van der Waals surface area (Å²) in [5.74, 6) is -4.73. The fourth-order valence-electron chi connectivity index (χ4n) is 4.98. The fraction of sp³-hybridized carbons (Fsp3) is 0.806. The number of hydrogen-bond donors (Lipinski definition) is 5. The maximum absolute atomic E-state index is 13.2. The molecule has 0 aromatic heterocycles. The molecule has 1 aliphatic rings. The molecule has 0 spiro atoms. The molecule has 0 aliphatic carbocycles. The largest absolute Gasteiger partial charge is 0.460 e. The van der Waals surface area contributed by atoms with E-state index in [2.05, 4.69) is 33.5 Å². The Morgan fingerprint density at radius 3 is 1.95 bits per heavy atom. The molecule has 0 bridgehead atoms. The Labute approximate surface area is 257 Å². The third-order valence-corrected chi connectivity index (χ3v) is 7.73. The predicted molar refractivity (Wildman–Crippen MR) is 163 cm³/mol. The van der Waals surface area contributed by atoms with Crippen molar-refractivity contribution in [2.75, 3.05) is 6.54 Å². The van der Waals surface area contributed by atoms with E-state index >= 15 is 0 Å². The van der Waals surface area contributed by atoms with Gasteiger partial charge in [-0.15, -0.1) is 0 Å². The van der Waals surface area contributed by atoms with E-state index in [0.717, 1.165) is 32.1 Å². The Bertz CT molecular complexity index is 970. The highest BCUT2D eigenvalue weighted by atomic mass is 16.5. The summed E-state index contributed by atoms with van der Waals surface area (Å²) in [7, 11) is 0. The van der Waals surface area contributed by atoms with Crippen LogP contribution in [0.4, 0.5) is 0 Å². The zero-order chi connectivity index (χ0) is 32.9. The van der Waals surface area contributed by atoms with Crippen molar-refractivity contribution >= 4 is 35.5 Å². The summed E-state index contributed by atoms with van der Waals surface area (Å²) in [6.07, 6.45) is 4.28. The number of carbonyl (C=O) groups is 6. The van der Waals surface area contributed by atoms with E-state index in [4.69, 9.17) is 4.74 Å². The van der Waals surface area contributed by atoms with Crippen LogP contribution in [0.1, 0.15) is 101 Å². The van der Waals surface area contributed by atoms with E-state index in [0.29, 0.717) is 6.42 Å². The highest BCUT2D eigenvalue weighted by Gasteiger charge is 2.35. The van der Waals surface area contributed by atoms with E-state index in [1.165, 1.54) is 13.8 Å². The molecule has 0 saturated carbocycles. The molecule has 43 heavy (non-hydrogen) atoms. The molecular weight excluding hydrogens is 554 g/mol. The van der Waals surface area contributed by atoms with Gasteiger partial charge >= 0.3 is 5.97 Å². The number of ether oxygens (including phenoxy) is 1. The number of hydrogen-bond acceptors (Lipinski definition) is 7. The molecule has 7 atom stereocenters. The van der Waals surface area contributed by atoms with Gasteiger partial charge in [0.05, 0.1) is 12.5 Å². The van der Waals surface area contributed by atoms with Crippen LogP contribution in [-0.2, 0) is 33.5 Å². The lowest BCUT2D eigenvalue weighted by atomic mass is 9.88. The summed E-state index contributed by atoms with van der Waals surface area (Å²) in [6.45, 7) is 15.5. The standard InChI is InChI=1S/C31H55N5O7/c1-10-11-12-13-14-19(6)26-20(7)27(38)32-16-24(37)36-25(18(4)5)30(41)35-23(15-17(2)3)29(40)33-21(8)28(39)34-22(9)31(42)43-26/h17-23,25-26H,10-16H2,1-9H3,(H,32,38)(H,33,40)(H,34,39)(H,35,41)(H,36,37). The highest BCUT2D eigenvalue weighted by Crippen LogP contribution is 2.24. The molecule has 1 saturated heterocycles. The molecular formula is C31H55N5O7. The van der Waals surface area contributed by atoms with Gasteiger partial charge in [0.15, 0.2) is 0 Å². The molecule has 1 aliphatic heterocycles. The first-order valence-electron chi connectivity index (χ1n) is 15.8. The first-order chi connectivity index (χ1) is 20.1. The Balaban J connectivity index is 3.34. The van der Waals surface area contributed by atoms with Crippen molar-refractivity contribution < 1.29 is 33.5 Å². The van der Waals surface area contributed by atoms with Crippen LogP contribution in [0.5, 0.6) is 0 Å². The van der Waals surface area contributed by atoms with Gasteiger partial charge in [0.2, 0.25) is 29.5 Å². The monoisotopic (exact) mass is 609 g/mol. The zero-order valence-corrected chi connectivity index (χ0v) is 27.5. The van der Waals surface area contributed by atoms with Gasteiger partial charge in [-0.05, 0) is 44.4 Å². The van der Waals surface area contributed by atoms with Gasteiger partial charge in [0, 0.05) is 0 Å². The number of cyclic esters (lactones) is 1. The molecule has 0 radical (unpaired) electrons. The predicted octanol–water partition coefficient (Wildman–Crippen LogP) is 1.95. The summed E-state index contributed by atoms with van der Waals surface area (Å²) >= 11 is 0. The van der Waals surface area contributed by atoms with Crippen molar-refractivity contribution in [3.8, 4) is 0 Å². The van der Waals surface area contributed by atoms with Gasteiger partial charge < -0.3 is 31.3 Å². The van der Waals surface area contributed by atoms with E-state index in [9.17, 15) is 28.8 Å². The summed E-state index contributed by atoms with van der Waals surface area (Å²) in [6, 6.07) is -4.01. The van der Waals surface area contributed by atoms with Gasteiger partial charge in [-0.1, -0.05) is 74.1 Å². The van der Waals surface area contributed by atoms with Crippen LogP contribution >= 0.6 is 0 Å². The second kappa shape index (κ2) is 18.5. The third-order valence-electron chi connectivity index (χ3n) is 7.73. The van der Waals surface area contributed by atoms with E-state index in [-0.39, 0.29) is 24.3 Å². The average Bonchev–Trinajstić information content (AvgIpc) is 2.93. The summed E-state index contributed by atoms with van der Waals surface area (Å²) in [4.78, 5) is 78.4. The Morgan fingerprint density at radius 1 is 0.744 bits per heavy atom. The third kappa shape index (κ3) is 12.9. The topological polar surface area (TPSA) is 172 Å². The van der Waals surface area contributed by atoms with Crippen molar-refractivity contribution in [3.05, 3.63) is 0 Å². The molecule has 7 unspecified atom stereocenters. The van der Waals surface area contributed by atoms with Crippen molar-refractivity contribution in [1.82, 2.24) is 26.6 Å². The van der Waals surface area contributed by atoms with Gasteiger partial charge in [-0.3, -0.25) is 24.0 Å². The van der Waals surface area contributed by atoms with Crippen molar-refractivity contribution in [3.63, 3.8) is 0 Å². The number of unbranched alkanes of at least 4 members (excludes halogenated alkanes) is 3. The highest BCUT2D eigenvalue weighted by molar-refractivity contribution is 5.95. The lowest BCUT2D eigenvalue weighted by Crippen LogP contribution is -2.58. The number of rotatable bonds is 9. The Kier molecular flexibility index (Phi) is 16.3. The first-order valence-corrected chi connectivity index (χ1v) is 15.8. The minimum absolute atomic E-state index is 0.0304. The smallest absolute Gasteiger partial charge is 0.328 e. The van der Waals surface area contributed by atoms with Gasteiger partial charge in [0.25, 0.3) is 0 Å². The fourth-order valence-corrected chi connectivity index (χ4v) is 4.98. The van der Waals surface area contributed by atoms with Crippen LogP contribution in [0, 0.1) is 23.7 Å². The SMILES string of the molecule is CCCCCCC(C)C1OC(=O)C(C)NC(=O)C(C)NC(=O)C(CC(C)C)NC(=O)C(C(C)C)NC(=O)CNC(=O)C1C. The molecule has 246 valence electrons. The molecule has 5 amide bonds. The lowest BCUT2D eigenvalue weighted by Gasteiger charge is -2.30. The second-order valence-electron chi connectivity index (χ2n) is 12.7. The van der Waals surface area contributed by atoms with E-state index in [1.807, 2.05) is 20.8 Å². The van der Waals surface area contributed by atoms with Crippen molar-refractivity contribution in [1.29, 1.82) is 0 Å². The molecule has 1 rings (SSSR count). The van der Waals surface area contributed by atoms with Crippen LogP contribution < -0.4 is 26.6 Å². The van der Waals surface area contributed by atoms with Crippen LogP contribution in [0.3, 0.4) is 0 Å². The molecule has 12 heteroatoms. The van der Waals surface area contributed by atoms with Gasteiger partial charge in [-0.25, -0.2) is 4.79 Å². The first kappa shape index (κ1) is 37.8. The summed E-state index contributed by atoms with van der Waals surface area (Å²) in [5.41, 5.74) is 0. The maximum atomic E-state index is 13.2. The number of esters is 1. The van der Waals surface area contributed by atoms with Crippen LogP contribution in [0.25, 0.3) is 0 Å². The number of amides is 5. The lowest BCUT2D eigenvalue weighted by molar-refractivity contribution is -0.160.